The molecule has 1 amide bonds. The molecule has 1 atom stereocenters. The van der Waals surface area contributed by atoms with Gasteiger partial charge in [-0.25, -0.2) is 13.2 Å². The van der Waals surface area contributed by atoms with Crippen LogP contribution in [0, 0.1) is 6.92 Å². The lowest BCUT2D eigenvalue weighted by Crippen LogP contribution is -2.35. The van der Waals surface area contributed by atoms with Gasteiger partial charge in [0.1, 0.15) is 11.3 Å². The van der Waals surface area contributed by atoms with Crippen LogP contribution in [0.1, 0.15) is 42.1 Å². The number of amides is 1. The number of aromatic hydroxyl groups is 1. The fourth-order valence-corrected chi connectivity index (χ4v) is 5.06. The number of phenolic OH excluding ortho intramolecular Hbond substituents is 1. The van der Waals surface area contributed by atoms with Gasteiger partial charge in [0.15, 0.2) is 6.10 Å². The molecule has 0 spiro atoms. The largest absolute Gasteiger partial charge is 0.507 e. The second-order valence-corrected chi connectivity index (χ2v) is 9.96. The van der Waals surface area contributed by atoms with Crippen LogP contribution in [-0.4, -0.2) is 48.9 Å². The van der Waals surface area contributed by atoms with E-state index in [1.807, 2.05) is 0 Å². The van der Waals surface area contributed by atoms with E-state index in [2.05, 4.69) is 5.32 Å². The molecule has 2 aromatic carbocycles. The number of nitrogens with one attached hydrogen (secondary N) is 1. The van der Waals surface area contributed by atoms with E-state index < -0.39 is 28.0 Å². The molecule has 0 aliphatic carbocycles. The Bertz CT molecular complexity index is 1130. The highest BCUT2D eigenvalue weighted by Gasteiger charge is 2.27. The van der Waals surface area contributed by atoms with Crippen molar-refractivity contribution < 1.29 is 27.9 Å². The number of carbonyl (C=O) groups is 2. The zero-order valence-electron chi connectivity index (χ0n) is 17.8. The van der Waals surface area contributed by atoms with Gasteiger partial charge in [0.25, 0.3) is 5.91 Å². The van der Waals surface area contributed by atoms with Gasteiger partial charge < -0.3 is 15.2 Å². The second-order valence-electron chi connectivity index (χ2n) is 7.61. The molecule has 1 aliphatic heterocycles. The first-order valence-electron chi connectivity index (χ1n) is 10.2. The molecule has 0 radical (unpaired) electrons. The summed E-state index contributed by atoms with van der Waals surface area (Å²) in [6.07, 6.45) is 1.37. The Morgan fingerprint density at radius 3 is 2.53 bits per heavy atom. The van der Waals surface area contributed by atoms with E-state index >= 15 is 0 Å². The predicted octanol–water partition coefficient (Wildman–Crippen LogP) is 3.71. The van der Waals surface area contributed by atoms with Gasteiger partial charge in [0.2, 0.25) is 10.0 Å². The predicted molar refractivity (Wildman–Crippen MR) is 120 cm³/mol. The molecule has 1 saturated heterocycles. The van der Waals surface area contributed by atoms with Crippen LogP contribution in [0.25, 0.3) is 0 Å². The van der Waals surface area contributed by atoms with Crippen molar-refractivity contribution in [3.8, 4) is 5.75 Å². The number of piperidine rings is 1. The quantitative estimate of drug-likeness (QED) is 0.609. The summed E-state index contributed by atoms with van der Waals surface area (Å²) in [4.78, 5) is 24.9. The minimum Gasteiger partial charge on any atom is -0.507 e. The number of nitrogens with zero attached hydrogens (tertiary/aromatic N) is 1. The van der Waals surface area contributed by atoms with Crippen LogP contribution in [-0.2, 0) is 19.6 Å². The first-order valence-corrected chi connectivity index (χ1v) is 12.0. The molecule has 2 N–H and O–H groups in total. The van der Waals surface area contributed by atoms with Crippen LogP contribution in [0.4, 0.5) is 5.69 Å². The SMILES string of the molecule is Cc1cccc(C(=O)OC(C)C(=O)Nc2cc(S(=O)(=O)N3CCCCC3)ccc2Cl)c1O. The van der Waals surface area contributed by atoms with Gasteiger partial charge in [-0.15, -0.1) is 0 Å². The molecular formula is C22H25ClN2O6S. The number of phenols is 1. The average molecular weight is 481 g/mol. The van der Waals surface area contributed by atoms with Crippen molar-refractivity contribution in [2.24, 2.45) is 0 Å². The molecule has 172 valence electrons. The summed E-state index contributed by atoms with van der Waals surface area (Å²) < 4.78 is 32.4. The van der Waals surface area contributed by atoms with Crippen LogP contribution in [0.15, 0.2) is 41.3 Å². The first-order chi connectivity index (χ1) is 15.1. The number of halogens is 1. The van der Waals surface area contributed by atoms with Crippen molar-refractivity contribution in [1.29, 1.82) is 0 Å². The maximum Gasteiger partial charge on any atom is 0.342 e. The molecule has 1 unspecified atom stereocenters. The van der Waals surface area contributed by atoms with Crippen molar-refractivity contribution >= 4 is 39.2 Å². The molecule has 10 heteroatoms. The molecule has 32 heavy (non-hydrogen) atoms. The summed E-state index contributed by atoms with van der Waals surface area (Å²) in [6.45, 7) is 3.90. The Balaban J connectivity index is 1.73. The van der Waals surface area contributed by atoms with Crippen molar-refractivity contribution in [2.75, 3.05) is 18.4 Å². The Labute approximate surface area is 192 Å². The van der Waals surface area contributed by atoms with E-state index in [9.17, 15) is 23.1 Å². The van der Waals surface area contributed by atoms with Crippen LogP contribution in [0.3, 0.4) is 0 Å². The number of aryl methyl sites for hydroxylation is 1. The zero-order valence-corrected chi connectivity index (χ0v) is 19.4. The third-order valence-corrected chi connectivity index (χ3v) is 7.48. The standard InChI is InChI=1S/C22H25ClN2O6S/c1-14-7-6-8-17(20(14)26)22(28)31-15(2)21(27)24-19-13-16(9-10-18(19)23)32(29,30)25-11-4-3-5-12-25/h6-10,13,15,26H,3-5,11-12H2,1-2H3,(H,24,27). The van der Waals surface area contributed by atoms with Crippen molar-refractivity contribution in [1.82, 2.24) is 4.31 Å². The number of rotatable bonds is 6. The van der Waals surface area contributed by atoms with Gasteiger partial charge in [-0.3, -0.25) is 4.79 Å². The molecule has 2 aromatic rings. The topological polar surface area (TPSA) is 113 Å². The Kier molecular flexibility index (Phi) is 7.43. The number of hydrogen-bond donors (Lipinski definition) is 2. The molecule has 1 aliphatic rings. The lowest BCUT2D eigenvalue weighted by Gasteiger charge is -2.26. The summed E-state index contributed by atoms with van der Waals surface area (Å²) >= 11 is 6.16. The third-order valence-electron chi connectivity index (χ3n) is 5.26. The number of anilines is 1. The van der Waals surface area contributed by atoms with Gasteiger partial charge in [0.05, 0.1) is 15.6 Å². The zero-order chi connectivity index (χ0) is 23.5. The molecule has 1 heterocycles. The summed E-state index contributed by atoms with van der Waals surface area (Å²) in [5, 5.41) is 12.7. The van der Waals surface area contributed by atoms with Crippen LogP contribution < -0.4 is 5.32 Å². The maximum atomic E-state index is 12.9. The van der Waals surface area contributed by atoms with Gasteiger partial charge in [-0.1, -0.05) is 30.2 Å². The number of carbonyl (C=O) groups excluding carboxylic acids is 2. The van der Waals surface area contributed by atoms with Gasteiger partial charge in [0, 0.05) is 13.1 Å². The second kappa shape index (κ2) is 9.89. The van der Waals surface area contributed by atoms with Crippen LogP contribution in [0.5, 0.6) is 5.75 Å². The van der Waals surface area contributed by atoms with E-state index in [4.69, 9.17) is 16.3 Å². The highest BCUT2D eigenvalue weighted by atomic mass is 35.5. The highest BCUT2D eigenvalue weighted by molar-refractivity contribution is 7.89. The van der Waals surface area contributed by atoms with Crippen LogP contribution >= 0.6 is 11.6 Å². The minimum atomic E-state index is -3.71. The molecule has 0 aromatic heterocycles. The lowest BCUT2D eigenvalue weighted by molar-refractivity contribution is -0.123. The number of esters is 1. The van der Waals surface area contributed by atoms with Crippen molar-refractivity contribution in [2.45, 2.75) is 44.1 Å². The Morgan fingerprint density at radius 1 is 1.16 bits per heavy atom. The first kappa shape index (κ1) is 24.0. The van der Waals surface area contributed by atoms with E-state index in [0.29, 0.717) is 18.7 Å². The summed E-state index contributed by atoms with van der Waals surface area (Å²) in [5.41, 5.74) is 0.531. The van der Waals surface area contributed by atoms with Crippen LogP contribution in [0.2, 0.25) is 5.02 Å². The molecule has 0 bridgehead atoms. The van der Waals surface area contributed by atoms with E-state index in [0.717, 1.165) is 19.3 Å². The lowest BCUT2D eigenvalue weighted by atomic mass is 10.1. The number of ether oxygens (including phenoxy) is 1. The smallest absolute Gasteiger partial charge is 0.342 e. The third kappa shape index (κ3) is 5.23. The molecule has 3 rings (SSSR count). The fourth-order valence-electron chi connectivity index (χ4n) is 3.35. The number of benzene rings is 2. The summed E-state index contributed by atoms with van der Waals surface area (Å²) in [6, 6.07) is 8.70. The van der Waals surface area contributed by atoms with Crippen molar-refractivity contribution in [3.63, 3.8) is 0 Å². The monoisotopic (exact) mass is 480 g/mol. The Morgan fingerprint density at radius 2 is 1.84 bits per heavy atom. The maximum absolute atomic E-state index is 12.9. The summed E-state index contributed by atoms with van der Waals surface area (Å²) in [5.74, 6) is -1.77. The highest BCUT2D eigenvalue weighted by Crippen LogP contribution is 2.29. The Hall–Kier alpha value is -2.62. The number of hydrogen-bond acceptors (Lipinski definition) is 6. The van der Waals surface area contributed by atoms with E-state index in [1.165, 1.54) is 35.5 Å². The minimum absolute atomic E-state index is 0.0217. The van der Waals surface area contributed by atoms with Crippen molar-refractivity contribution in [3.05, 3.63) is 52.5 Å². The molecule has 8 nitrogen and oxygen atoms in total. The normalized spacial score (nSPS) is 15.7. The molecular weight excluding hydrogens is 456 g/mol. The molecule has 1 fully saturated rings. The fraction of sp³-hybridized carbons (Fsp3) is 0.364. The van der Waals surface area contributed by atoms with Gasteiger partial charge in [-0.05, 0) is 56.5 Å². The van der Waals surface area contributed by atoms with E-state index in [1.54, 1.807) is 19.1 Å². The van der Waals surface area contributed by atoms with Gasteiger partial charge >= 0.3 is 5.97 Å². The van der Waals surface area contributed by atoms with Gasteiger partial charge in [-0.2, -0.15) is 4.31 Å². The number of sulfonamides is 1. The number of para-hydroxylation sites is 1. The van der Waals surface area contributed by atoms with E-state index in [-0.39, 0.29) is 26.9 Å². The molecule has 0 saturated carbocycles. The average Bonchev–Trinajstić information content (AvgIpc) is 2.77. The summed E-state index contributed by atoms with van der Waals surface area (Å²) in [7, 11) is -3.71.